The number of carboxylic acid groups (broad SMARTS) is 1. The number of nitrogens with zero attached hydrogens (tertiary/aromatic N) is 4. The number of carbonyl (C=O) groups is 1. The minimum atomic E-state index is -1.27. The third-order valence-corrected chi connectivity index (χ3v) is 3.58. The van der Waals surface area contributed by atoms with E-state index in [1.54, 1.807) is 0 Å². The number of fused-ring (bicyclic) bond motifs is 1. The molecule has 0 bridgehead atoms. The van der Waals surface area contributed by atoms with Crippen LogP contribution in [0.15, 0.2) is 36.8 Å². The van der Waals surface area contributed by atoms with Crippen molar-refractivity contribution in [2.45, 2.75) is 19.9 Å². The number of carboxylic acids is 1. The van der Waals surface area contributed by atoms with Crippen molar-refractivity contribution in [1.29, 1.82) is 5.26 Å². The summed E-state index contributed by atoms with van der Waals surface area (Å²) in [5, 5.41) is 25.0. The van der Waals surface area contributed by atoms with Gasteiger partial charge in [-0.05, 0) is 32.0 Å². The fraction of sp³-hybridized carbons (Fsp3) is 0.188. The number of aromatic carboxylic acids is 1. The summed E-state index contributed by atoms with van der Waals surface area (Å²) < 4.78 is 3.49. The molecule has 2 heterocycles. The van der Waals surface area contributed by atoms with E-state index >= 15 is 0 Å². The molecule has 3 rings (SSSR count). The van der Waals surface area contributed by atoms with Crippen LogP contribution in [0.3, 0.4) is 0 Å². The van der Waals surface area contributed by atoms with Crippen molar-refractivity contribution >= 4 is 16.9 Å². The fourth-order valence-corrected chi connectivity index (χ4v) is 2.47. The molecule has 0 amide bonds. The number of hydrogen-bond donors (Lipinski definition) is 0. The van der Waals surface area contributed by atoms with Crippen LogP contribution in [0.25, 0.3) is 16.6 Å². The molecule has 7 heteroatoms. The smallest absolute Gasteiger partial charge is 0.545 e. The van der Waals surface area contributed by atoms with E-state index in [0.717, 1.165) is 10.9 Å². The molecule has 0 spiro atoms. The maximum Gasteiger partial charge on any atom is 1.00 e. The molecule has 110 valence electrons. The summed E-state index contributed by atoms with van der Waals surface area (Å²) >= 11 is 0. The summed E-state index contributed by atoms with van der Waals surface area (Å²) in [7, 11) is 0. The van der Waals surface area contributed by atoms with E-state index in [1.807, 2.05) is 42.8 Å². The molecule has 0 N–H and O–H groups in total. The summed E-state index contributed by atoms with van der Waals surface area (Å²) in [6.45, 7) is 4.10. The van der Waals surface area contributed by atoms with E-state index in [4.69, 9.17) is 0 Å². The third-order valence-electron chi connectivity index (χ3n) is 3.58. The second kappa shape index (κ2) is 6.59. The van der Waals surface area contributed by atoms with E-state index in [9.17, 15) is 15.2 Å². The molecule has 0 radical (unpaired) electrons. The Labute approximate surface area is 155 Å². The molecule has 0 fully saturated rings. The largest absolute Gasteiger partial charge is 1.00 e. The van der Waals surface area contributed by atoms with Crippen LogP contribution >= 0.6 is 0 Å². The van der Waals surface area contributed by atoms with Gasteiger partial charge < -0.3 is 14.5 Å². The summed E-state index contributed by atoms with van der Waals surface area (Å²) in [6, 6.07) is 8.02. The van der Waals surface area contributed by atoms with Gasteiger partial charge in [0.05, 0.1) is 23.4 Å². The van der Waals surface area contributed by atoms with Crippen LogP contribution in [0, 0.1) is 11.3 Å². The Hall–Kier alpha value is -2.07. The zero-order valence-corrected chi connectivity index (χ0v) is 15.1. The van der Waals surface area contributed by atoms with Gasteiger partial charge in [-0.3, -0.25) is 0 Å². The zero-order chi connectivity index (χ0) is 15.9. The molecule has 0 aliphatic carbocycles. The van der Waals surface area contributed by atoms with E-state index in [2.05, 4.69) is 11.2 Å². The summed E-state index contributed by atoms with van der Waals surface area (Å²) in [5.41, 5.74) is 2.25. The SMILES string of the molecule is CC(C)n1cc(C#N)c2cc(-n3cc(C(=O)[O-])cn3)ccc21.[Na+]. The van der Waals surface area contributed by atoms with Crippen molar-refractivity contribution in [1.82, 2.24) is 14.3 Å². The molecule has 0 unspecified atom stereocenters. The van der Waals surface area contributed by atoms with Crippen molar-refractivity contribution in [2.75, 3.05) is 0 Å². The Balaban J connectivity index is 0.00000192. The van der Waals surface area contributed by atoms with E-state index in [1.165, 1.54) is 17.1 Å². The predicted octanol–water partition coefficient (Wildman–Crippen LogP) is -1.35. The number of rotatable bonds is 3. The van der Waals surface area contributed by atoms with Gasteiger partial charge in [0.15, 0.2) is 0 Å². The first-order valence-corrected chi connectivity index (χ1v) is 6.82. The third kappa shape index (κ3) is 3.04. The van der Waals surface area contributed by atoms with Crippen molar-refractivity contribution in [2.24, 2.45) is 0 Å². The molecule has 0 atom stereocenters. The van der Waals surface area contributed by atoms with Crippen LogP contribution < -0.4 is 34.7 Å². The first kappa shape index (κ1) is 17.3. The first-order valence-electron chi connectivity index (χ1n) is 6.82. The Morgan fingerprint density at radius 1 is 1.35 bits per heavy atom. The average molecular weight is 316 g/mol. The van der Waals surface area contributed by atoms with Crippen molar-refractivity contribution < 1.29 is 39.5 Å². The number of carbonyl (C=O) groups excluding carboxylic acids is 1. The van der Waals surface area contributed by atoms with Crippen LogP contribution in [0.1, 0.15) is 35.8 Å². The second-order valence-electron chi connectivity index (χ2n) is 5.32. The summed E-state index contributed by atoms with van der Waals surface area (Å²) in [4.78, 5) is 10.8. The average Bonchev–Trinajstić information content (AvgIpc) is 3.11. The number of aromatic nitrogens is 3. The molecule has 0 aliphatic heterocycles. The molecule has 2 aromatic heterocycles. The Kier molecular flexibility index (Phi) is 4.95. The van der Waals surface area contributed by atoms with Crippen molar-refractivity contribution in [3.63, 3.8) is 0 Å². The van der Waals surface area contributed by atoms with Gasteiger partial charge in [0, 0.05) is 34.9 Å². The molecule has 0 saturated heterocycles. The fourth-order valence-electron chi connectivity index (χ4n) is 2.47. The Bertz CT molecular complexity index is 918. The topological polar surface area (TPSA) is 86.7 Å². The maximum absolute atomic E-state index is 10.8. The number of hydrogen-bond acceptors (Lipinski definition) is 4. The molecular weight excluding hydrogens is 303 g/mol. The van der Waals surface area contributed by atoms with Gasteiger partial charge in [0.1, 0.15) is 6.07 Å². The number of nitriles is 1. The van der Waals surface area contributed by atoms with Gasteiger partial charge in [-0.25, -0.2) is 4.68 Å². The zero-order valence-electron chi connectivity index (χ0n) is 13.1. The predicted molar refractivity (Wildman–Crippen MR) is 78.5 cm³/mol. The first-order chi connectivity index (χ1) is 10.5. The standard InChI is InChI=1S/C16H14N4O2.Na/c1-10(2)19-8-11(6-17)14-5-13(3-4-15(14)19)20-9-12(7-18-20)16(21)22;/h3-5,7-10H,1-2H3,(H,21,22);/q;+1/p-1. The Morgan fingerprint density at radius 3 is 2.65 bits per heavy atom. The van der Waals surface area contributed by atoms with E-state index in [0.29, 0.717) is 11.3 Å². The minimum Gasteiger partial charge on any atom is -0.545 e. The van der Waals surface area contributed by atoms with Crippen molar-refractivity contribution in [3.05, 3.63) is 47.9 Å². The van der Waals surface area contributed by atoms with Gasteiger partial charge in [-0.15, -0.1) is 0 Å². The summed E-state index contributed by atoms with van der Waals surface area (Å²) in [5.74, 6) is -1.27. The molecule has 1 aromatic carbocycles. The van der Waals surface area contributed by atoms with Gasteiger partial charge in [-0.1, -0.05) is 0 Å². The molecule has 3 aromatic rings. The van der Waals surface area contributed by atoms with Crippen LogP contribution in [-0.2, 0) is 0 Å². The Morgan fingerprint density at radius 2 is 2.09 bits per heavy atom. The minimum absolute atomic E-state index is 0. The normalized spacial score (nSPS) is 10.5. The monoisotopic (exact) mass is 316 g/mol. The van der Waals surface area contributed by atoms with Crippen LogP contribution in [-0.4, -0.2) is 20.3 Å². The molecule has 0 aliphatic rings. The van der Waals surface area contributed by atoms with Crippen LogP contribution in [0.5, 0.6) is 0 Å². The van der Waals surface area contributed by atoms with E-state index in [-0.39, 0.29) is 41.2 Å². The second-order valence-corrected chi connectivity index (χ2v) is 5.32. The van der Waals surface area contributed by atoms with Crippen LogP contribution in [0.4, 0.5) is 0 Å². The quantitative estimate of drug-likeness (QED) is 0.559. The maximum atomic E-state index is 10.8. The molecule has 0 saturated carbocycles. The van der Waals surface area contributed by atoms with Gasteiger partial charge >= 0.3 is 29.6 Å². The molecule has 6 nitrogen and oxygen atoms in total. The van der Waals surface area contributed by atoms with Crippen LogP contribution in [0.2, 0.25) is 0 Å². The summed E-state index contributed by atoms with van der Waals surface area (Å²) in [6.07, 6.45) is 4.46. The van der Waals surface area contributed by atoms with Gasteiger partial charge in [0.25, 0.3) is 0 Å². The van der Waals surface area contributed by atoms with E-state index < -0.39 is 5.97 Å². The van der Waals surface area contributed by atoms with Gasteiger partial charge in [-0.2, -0.15) is 10.4 Å². The van der Waals surface area contributed by atoms with Crippen molar-refractivity contribution in [3.8, 4) is 11.8 Å². The molecular formula is C16H13N4NaO2. The van der Waals surface area contributed by atoms with Gasteiger partial charge in [0.2, 0.25) is 0 Å². The number of benzene rings is 1. The molecule has 23 heavy (non-hydrogen) atoms.